The molecular formula is C18H17NO6S. The number of carbonyl (C=O) groups is 2. The van der Waals surface area contributed by atoms with Gasteiger partial charge in [0, 0.05) is 11.6 Å². The van der Waals surface area contributed by atoms with E-state index in [1.54, 1.807) is 20.2 Å². The summed E-state index contributed by atoms with van der Waals surface area (Å²) in [6.45, 7) is 1.66. The molecule has 7 nitrogen and oxygen atoms in total. The highest BCUT2D eigenvalue weighted by Crippen LogP contribution is 2.42. The van der Waals surface area contributed by atoms with Gasteiger partial charge in [-0.25, -0.2) is 9.59 Å². The van der Waals surface area contributed by atoms with Crippen molar-refractivity contribution in [3.8, 4) is 11.5 Å². The first-order valence-electron chi connectivity index (χ1n) is 7.85. The summed E-state index contributed by atoms with van der Waals surface area (Å²) in [6, 6.07) is 5.55. The second-order valence-corrected chi connectivity index (χ2v) is 6.22. The quantitative estimate of drug-likeness (QED) is 0.612. The number of hydrogen-bond acceptors (Lipinski definition) is 8. The minimum atomic E-state index is -0.541. The summed E-state index contributed by atoms with van der Waals surface area (Å²) in [5, 5.41) is 1.45. The van der Waals surface area contributed by atoms with Crippen molar-refractivity contribution in [3.63, 3.8) is 0 Å². The van der Waals surface area contributed by atoms with E-state index in [0.29, 0.717) is 16.7 Å². The molecule has 2 aromatic heterocycles. The number of aromatic nitrogens is 1. The fourth-order valence-electron chi connectivity index (χ4n) is 2.58. The number of fused-ring (bicyclic) bond motifs is 3. The molecule has 136 valence electrons. The fraction of sp³-hybridized carbons (Fsp3) is 0.278. The van der Waals surface area contributed by atoms with Crippen LogP contribution in [0.15, 0.2) is 24.4 Å². The highest BCUT2D eigenvalue weighted by Gasteiger charge is 2.23. The second-order valence-electron chi connectivity index (χ2n) is 5.20. The SMILES string of the molecule is CCOC(=O)COc1c(C(=O)OC)sc2c1cnc1c(OC)cccc12. The number of para-hydroxylation sites is 1. The standard InChI is InChI=1S/C18H17NO6S/c1-4-24-13(20)9-25-15-11-8-19-14-10(6-5-7-12(14)22-2)16(11)26-17(15)18(21)23-3/h5-8H,4,9H2,1-3H3. The van der Waals surface area contributed by atoms with Crippen LogP contribution in [0.2, 0.25) is 0 Å². The Hall–Kier alpha value is -2.87. The number of esters is 2. The smallest absolute Gasteiger partial charge is 0.351 e. The fourth-order valence-corrected chi connectivity index (χ4v) is 3.75. The third kappa shape index (κ3) is 3.15. The number of carbonyl (C=O) groups excluding carboxylic acids is 2. The van der Waals surface area contributed by atoms with E-state index in [0.717, 1.165) is 10.1 Å². The average Bonchev–Trinajstić information content (AvgIpc) is 3.04. The Labute approximate surface area is 153 Å². The molecule has 0 unspecified atom stereocenters. The van der Waals surface area contributed by atoms with Crippen LogP contribution in [0.25, 0.3) is 21.0 Å². The van der Waals surface area contributed by atoms with Crippen molar-refractivity contribution in [3.05, 3.63) is 29.3 Å². The Kier molecular flexibility index (Phi) is 5.22. The van der Waals surface area contributed by atoms with Gasteiger partial charge in [0.15, 0.2) is 17.2 Å². The number of ether oxygens (including phenoxy) is 4. The van der Waals surface area contributed by atoms with Gasteiger partial charge in [0.2, 0.25) is 0 Å². The lowest BCUT2D eigenvalue weighted by atomic mass is 10.1. The van der Waals surface area contributed by atoms with E-state index in [9.17, 15) is 9.59 Å². The first kappa shape index (κ1) is 17.9. The third-order valence-electron chi connectivity index (χ3n) is 3.70. The van der Waals surface area contributed by atoms with Crippen LogP contribution in [-0.2, 0) is 14.3 Å². The van der Waals surface area contributed by atoms with E-state index in [4.69, 9.17) is 18.9 Å². The first-order chi connectivity index (χ1) is 12.6. The molecule has 0 amide bonds. The Morgan fingerprint density at radius 2 is 2.00 bits per heavy atom. The van der Waals surface area contributed by atoms with Crippen LogP contribution in [0, 0.1) is 0 Å². The van der Waals surface area contributed by atoms with E-state index < -0.39 is 11.9 Å². The summed E-state index contributed by atoms with van der Waals surface area (Å²) in [5.41, 5.74) is 0.678. The lowest BCUT2D eigenvalue weighted by molar-refractivity contribution is -0.145. The van der Waals surface area contributed by atoms with E-state index in [-0.39, 0.29) is 23.8 Å². The monoisotopic (exact) mass is 375 g/mol. The van der Waals surface area contributed by atoms with Gasteiger partial charge in [-0.1, -0.05) is 12.1 Å². The average molecular weight is 375 g/mol. The lowest BCUT2D eigenvalue weighted by Crippen LogP contribution is -2.15. The van der Waals surface area contributed by atoms with Gasteiger partial charge in [-0.3, -0.25) is 4.98 Å². The highest BCUT2D eigenvalue weighted by molar-refractivity contribution is 7.22. The van der Waals surface area contributed by atoms with Crippen LogP contribution in [-0.4, -0.2) is 44.4 Å². The van der Waals surface area contributed by atoms with E-state index in [1.807, 2.05) is 18.2 Å². The van der Waals surface area contributed by atoms with Gasteiger partial charge in [0.25, 0.3) is 0 Å². The molecule has 0 aliphatic rings. The van der Waals surface area contributed by atoms with Gasteiger partial charge >= 0.3 is 11.9 Å². The molecule has 0 saturated carbocycles. The molecule has 0 radical (unpaired) electrons. The molecule has 1 aromatic carbocycles. The van der Waals surface area contributed by atoms with Crippen LogP contribution in [0.1, 0.15) is 16.6 Å². The van der Waals surface area contributed by atoms with E-state index >= 15 is 0 Å². The number of methoxy groups -OCH3 is 2. The number of rotatable bonds is 6. The Morgan fingerprint density at radius 1 is 1.19 bits per heavy atom. The van der Waals surface area contributed by atoms with E-state index in [2.05, 4.69) is 4.98 Å². The van der Waals surface area contributed by atoms with Crippen molar-refractivity contribution >= 4 is 44.3 Å². The molecule has 0 aliphatic carbocycles. The first-order valence-corrected chi connectivity index (χ1v) is 8.67. The molecule has 0 fully saturated rings. The van der Waals surface area contributed by atoms with Crippen LogP contribution >= 0.6 is 11.3 Å². The van der Waals surface area contributed by atoms with Crippen molar-refractivity contribution in [1.29, 1.82) is 0 Å². The molecular weight excluding hydrogens is 358 g/mol. The number of nitrogens with zero attached hydrogens (tertiary/aromatic N) is 1. The lowest BCUT2D eigenvalue weighted by Gasteiger charge is -2.07. The molecule has 2 heterocycles. The van der Waals surface area contributed by atoms with E-state index in [1.165, 1.54) is 18.4 Å². The zero-order valence-corrected chi connectivity index (χ0v) is 15.3. The van der Waals surface area contributed by atoms with Crippen LogP contribution in [0.5, 0.6) is 11.5 Å². The molecule has 0 saturated heterocycles. The molecule has 0 bridgehead atoms. The number of benzene rings is 1. The van der Waals surface area contributed by atoms with Crippen molar-refractivity contribution < 1.29 is 28.5 Å². The van der Waals surface area contributed by atoms with Crippen LogP contribution in [0.4, 0.5) is 0 Å². The van der Waals surface area contributed by atoms with Crippen molar-refractivity contribution in [2.45, 2.75) is 6.92 Å². The maximum Gasteiger partial charge on any atom is 0.351 e. The Morgan fingerprint density at radius 3 is 2.69 bits per heavy atom. The summed E-state index contributed by atoms with van der Waals surface area (Å²) >= 11 is 1.22. The molecule has 0 spiro atoms. The molecule has 8 heteroatoms. The highest BCUT2D eigenvalue weighted by atomic mass is 32.1. The Balaban J connectivity index is 2.16. The molecule has 0 atom stereocenters. The summed E-state index contributed by atoms with van der Waals surface area (Å²) in [4.78, 5) is 28.5. The predicted octanol–water partition coefficient (Wildman–Crippen LogP) is 3.19. The molecule has 26 heavy (non-hydrogen) atoms. The van der Waals surface area contributed by atoms with Gasteiger partial charge in [-0.15, -0.1) is 11.3 Å². The van der Waals surface area contributed by atoms with Gasteiger partial charge in [-0.2, -0.15) is 0 Å². The third-order valence-corrected chi connectivity index (χ3v) is 4.90. The topological polar surface area (TPSA) is 84.0 Å². The molecule has 3 rings (SSSR count). The summed E-state index contributed by atoms with van der Waals surface area (Å²) in [5.74, 6) is -0.160. The predicted molar refractivity (Wildman–Crippen MR) is 97.1 cm³/mol. The number of thiophene rings is 1. The molecule has 0 aliphatic heterocycles. The van der Waals surface area contributed by atoms with Gasteiger partial charge in [0.1, 0.15) is 11.3 Å². The molecule has 0 N–H and O–H groups in total. The normalized spacial score (nSPS) is 10.7. The Bertz CT molecular complexity index is 981. The maximum atomic E-state index is 12.2. The van der Waals surface area contributed by atoms with Gasteiger partial charge in [-0.05, 0) is 13.0 Å². The zero-order valence-electron chi connectivity index (χ0n) is 14.5. The summed E-state index contributed by atoms with van der Waals surface area (Å²) < 4.78 is 21.5. The van der Waals surface area contributed by atoms with Crippen molar-refractivity contribution in [2.75, 3.05) is 27.4 Å². The van der Waals surface area contributed by atoms with Crippen molar-refractivity contribution in [2.24, 2.45) is 0 Å². The largest absolute Gasteiger partial charge is 0.494 e. The minimum Gasteiger partial charge on any atom is -0.494 e. The van der Waals surface area contributed by atoms with Crippen LogP contribution in [0.3, 0.4) is 0 Å². The van der Waals surface area contributed by atoms with Gasteiger partial charge in [0.05, 0.1) is 30.9 Å². The van der Waals surface area contributed by atoms with Crippen molar-refractivity contribution in [1.82, 2.24) is 4.98 Å². The van der Waals surface area contributed by atoms with Crippen LogP contribution < -0.4 is 9.47 Å². The molecule has 3 aromatic rings. The maximum absolute atomic E-state index is 12.2. The van der Waals surface area contributed by atoms with Gasteiger partial charge < -0.3 is 18.9 Å². The summed E-state index contributed by atoms with van der Waals surface area (Å²) in [7, 11) is 2.87. The number of pyridine rings is 1. The minimum absolute atomic E-state index is 0.252. The number of hydrogen-bond donors (Lipinski definition) is 0. The second kappa shape index (κ2) is 7.57. The summed E-state index contributed by atoms with van der Waals surface area (Å²) in [6.07, 6.45) is 1.60. The zero-order chi connectivity index (χ0) is 18.7.